The Balaban J connectivity index is 0.00000149. The van der Waals surface area contributed by atoms with Crippen LogP contribution in [0.5, 0.6) is 0 Å². The van der Waals surface area contributed by atoms with Gasteiger partial charge in [-0.1, -0.05) is 0 Å². The summed E-state index contributed by atoms with van der Waals surface area (Å²) in [5, 5.41) is 2.75. The van der Waals surface area contributed by atoms with Crippen molar-refractivity contribution in [1.29, 1.82) is 0 Å². The van der Waals surface area contributed by atoms with E-state index in [1.807, 2.05) is 14.1 Å². The van der Waals surface area contributed by atoms with Gasteiger partial charge in [0.2, 0.25) is 0 Å². The minimum Gasteiger partial charge on any atom is -0.323 e. The molecule has 0 radical (unpaired) electrons. The van der Waals surface area contributed by atoms with Gasteiger partial charge in [-0.05, 0) is 14.1 Å². The van der Waals surface area contributed by atoms with Crippen molar-refractivity contribution in [1.82, 2.24) is 5.32 Å². The molecule has 0 unspecified atom stereocenters. The number of unbranched alkanes of at least 4 members (excludes halogenated alkanes) is 4. The molecule has 1 nitrogen and oxygen atoms in total. The van der Waals surface area contributed by atoms with Gasteiger partial charge in [-0.2, -0.15) is 0 Å². The van der Waals surface area contributed by atoms with E-state index in [0.717, 1.165) is 6.42 Å². The molecule has 0 spiro atoms. The zero-order valence-corrected chi connectivity index (χ0v) is 19.4. The molecule has 0 atom stereocenters. The standard InChI is InChI=1S/C9H9.2C5H11.C2H7N.Bi/c1-2-6-9-7-4-3-5-8-9;2*1-3-5-4-2;1-3-2;/h2-5,7H,1,6H2;2*1,3-5H2,2H3;3H,1-2H3;. The molecule has 0 aliphatic rings. The van der Waals surface area contributed by atoms with Gasteiger partial charge < -0.3 is 5.32 Å². The normalized spacial score (nSPS) is 10.3. The van der Waals surface area contributed by atoms with Gasteiger partial charge in [0.15, 0.2) is 0 Å². The average Bonchev–Trinajstić information content (AvgIpc) is 2.55. The molecular weight excluding hydrogens is 475 g/mol. The number of nitrogens with one attached hydrogen (secondary N) is 1. The van der Waals surface area contributed by atoms with Crippen LogP contribution in [0.4, 0.5) is 0 Å². The Labute approximate surface area is 153 Å². The maximum Gasteiger partial charge on any atom is -0.0167 e. The number of hydrogen-bond acceptors (Lipinski definition) is 1. The third-order valence-electron chi connectivity index (χ3n) is 3.76. The maximum atomic E-state index is 3.93. The Hall–Kier alpha value is -0.197. The van der Waals surface area contributed by atoms with Crippen LogP contribution in [-0.4, -0.2) is 35.8 Å². The van der Waals surface area contributed by atoms with Crippen LogP contribution in [0.2, 0.25) is 8.26 Å². The van der Waals surface area contributed by atoms with Gasteiger partial charge in [0.05, 0.1) is 0 Å². The van der Waals surface area contributed by atoms with E-state index in [0.29, 0.717) is 0 Å². The van der Waals surface area contributed by atoms with Crippen LogP contribution in [-0.2, 0) is 6.42 Å². The van der Waals surface area contributed by atoms with E-state index >= 15 is 0 Å². The van der Waals surface area contributed by atoms with Crippen molar-refractivity contribution in [3.05, 3.63) is 42.5 Å². The summed E-state index contributed by atoms with van der Waals surface area (Å²) in [5.41, 5.74) is 1.58. The quantitative estimate of drug-likeness (QED) is 0.240. The number of hydrogen-bond donors (Lipinski definition) is 1. The second-order valence-electron chi connectivity index (χ2n) is 6.02. The predicted molar refractivity (Wildman–Crippen MR) is 109 cm³/mol. The Kier molecular flexibility index (Phi) is 16.5. The summed E-state index contributed by atoms with van der Waals surface area (Å²) in [6.07, 6.45) is 11.6. The molecule has 2 heteroatoms. The van der Waals surface area contributed by atoms with E-state index in [4.69, 9.17) is 0 Å². The van der Waals surface area contributed by atoms with E-state index in [1.165, 1.54) is 38.5 Å². The van der Waals surface area contributed by atoms with Crippen molar-refractivity contribution in [2.75, 3.05) is 14.1 Å². The number of benzene rings is 1. The smallest absolute Gasteiger partial charge is 0.0167 e. The molecule has 23 heavy (non-hydrogen) atoms. The van der Waals surface area contributed by atoms with Crippen molar-refractivity contribution in [2.45, 2.75) is 67.1 Å². The summed E-state index contributed by atoms with van der Waals surface area (Å²) < 4.78 is 4.90. The van der Waals surface area contributed by atoms with Gasteiger partial charge in [0.25, 0.3) is 0 Å². The molecule has 0 aliphatic heterocycles. The summed E-state index contributed by atoms with van der Waals surface area (Å²) >= 11 is -1.49. The van der Waals surface area contributed by atoms with Crippen LogP contribution in [0.25, 0.3) is 0 Å². The van der Waals surface area contributed by atoms with Crippen molar-refractivity contribution in [2.24, 2.45) is 0 Å². The average molecular weight is 514 g/mol. The molecule has 132 valence electrons. The van der Waals surface area contributed by atoms with Crippen LogP contribution in [0, 0.1) is 0 Å². The van der Waals surface area contributed by atoms with Crippen molar-refractivity contribution >= 4 is 25.0 Å². The minimum absolute atomic E-state index is 1.06. The molecule has 0 heterocycles. The first-order valence-electron chi connectivity index (χ1n) is 9.27. The number of allylic oxidation sites excluding steroid dienone is 1. The summed E-state index contributed by atoms with van der Waals surface area (Å²) in [6.45, 7) is 8.55. The van der Waals surface area contributed by atoms with Crippen molar-refractivity contribution < 1.29 is 0 Å². The van der Waals surface area contributed by atoms with Crippen molar-refractivity contribution in [3.8, 4) is 0 Å². The van der Waals surface area contributed by atoms with Gasteiger partial charge >= 0.3 is 135 Å². The van der Waals surface area contributed by atoms with Crippen LogP contribution in [0.1, 0.15) is 57.9 Å². The molecule has 0 fully saturated rings. The summed E-state index contributed by atoms with van der Waals surface area (Å²) in [4.78, 5) is 0. The van der Waals surface area contributed by atoms with Crippen LogP contribution < -0.4 is 8.59 Å². The second kappa shape index (κ2) is 16.7. The molecule has 1 aromatic carbocycles. The first-order valence-corrected chi connectivity index (χ1v) is 15.9. The molecule has 0 saturated heterocycles. The Morgan fingerprint density at radius 3 is 1.96 bits per heavy atom. The summed E-state index contributed by atoms with van der Waals surface area (Å²) in [7, 11) is 3.75. The fourth-order valence-corrected chi connectivity index (χ4v) is 13.4. The fraction of sp³-hybridized carbons (Fsp3) is 0.619. The van der Waals surface area contributed by atoms with E-state index < -0.39 is 21.8 Å². The zero-order chi connectivity index (χ0) is 17.3. The molecule has 0 aromatic heterocycles. The largest absolute Gasteiger partial charge is 0.323 e. The molecular formula is C21H38BiN. The van der Waals surface area contributed by atoms with Gasteiger partial charge in [0.1, 0.15) is 0 Å². The van der Waals surface area contributed by atoms with Crippen LogP contribution in [0.3, 0.4) is 0 Å². The third-order valence-corrected chi connectivity index (χ3v) is 14.8. The Morgan fingerprint density at radius 2 is 1.48 bits per heavy atom. The van der Waals surface area contributed by atoms with Crippen molar-refractivity contribution in [3.63, 3.8) is 0 Å². The SMILES string of the molecule is C=CCc1cccc[c]1[Bi]([CH2]CCCC)[CH2]CCCC.CNC. The first-order chi connectivity index (χ1) is 11.2. The number of rotatable bonds is 11. The van der Waals surface area contributed by atoms with E-state index in [-0.39, 0.29) is 0 Å². The molecule has 1 aromatic rings. The fourth-order valence-electron chi connectivity index (χ4n) is 2.61. The van der Waals surface area contributed by atoms with E-state index in [9.17, 15) is 0 Å². The topological polar surface area (TPSA) is 12.0 Å². The maximum absolute atomic E-state index is 3.93. The third kappa shape index (κ3) is 11.1. The molecule has 0 saturated carbocycles. The zero-order valence-electron chi connectivity index (χ0n) is 15.9. The van der Waals surface area contributed by atoms with Gasteiger partial charge in [-0.15, -0.1) is 0 Å². The van der Waals surface area contributed by atoms with Gasteiger partial charge in [-0.25, -0.2) is 0 Å². The monoisotopic (exact) mass is 513 g/mol. The van der Waals surface area contributed by atoms with Gasteiger partial charge in [0, 0.05) is 0 Å². The Bertz CT molecular complexity index is 379. The van der Waals surface area contributed by atoms with E-state index in [1.54, 1.807) is 17.1 Å². The molecule has 0 bridgehead atoms. The predicted octanol–water partition coefficient (Wildman–Crippen LogP) is 5.33. The van der Waals surface area contributed by atoms with Crippen LogP contribution >= 0.6 is 0 Å². The van der Waals surface area contributed by atoms with Gasteiger partial charge in [-0.3, -0.25) is 0 Å². The van der Waals surface area contributed by atoms with E-state index in [2.05, 4.69) is 56.1 Å². The van der Waals surface area contributed by atoms with Crippen LogP contribution in [0.15, 0.2) is 36.9 Å². The molecule has 1 rings (SSSR count). The second-order valence-corrected chi connectivity index (χ2v) is 15.6. The molecule has 0 amide bonds. The summed E-state index contributed by atoms with van der Waals surface area (Å²) in [6, 6.07) is 9.22. The minimum atomic E-state index is -1.49. The Morgan fingerprint density at radius 1 is 0.957 bits per heavy atom. The first kappa shape index (κ1) is 22.8. The molecule has 0 aliphatic carbocycles. The summed E-state index contributed by atoms with van der Waals surface area (Å²) in [5.74, 6) is 0. The molecule has 1 N–H and O–H groups in total.